The van der Waals surface area contributed by atoms with Crippen LogP contribution in [0.25, 0.3) is 5.69 Å². The van der Waals surface area contributed by atoms with Crippen molar-refractivity contribution < 1.29 is 4.79 Å². The van der Waals surface area contributed by atoms with E-state index in [0.717, 1.165) is 33.9 Å². The number of hydrogen-bond acceptors (Lipinski definition) is 3. The van der Waals surface area contributed by atoms with E-state index in [1.165, 1.54) is 0 Å². The van der Waals surface area contributed by atoms with Crippen LogP contribution in [0.3, 0.4) is 0 Å². The van der Waals surface area contributed by atoms with Crippen LogP contribution in [0.1, 0.15) is 22.5 Å². The van der Waals surface area contributed by atoms with E-state index in [4.69, 9.17) is 0 Å². The van der Waals surface area contributed by atoms with Gasteiger partial charge in [-0.25, -0.2) is 4.68 Å². The molecule has 0 saturated heterocycles. The molecule has 2 aromatic carbocycles. The fourth-order valence-electron chi connectivity index (χ4n) is 3.30. The van der Waals surface area contributed by atoms with Gasteiger partial charge in [-0.1, -0.05) is 30.3 Å². The summed E-state index contributed by atoms with van der Waals surface area (Å²) in [6.45, 7) is 4.59. The fraction of sp³-hybridized carbons (Fsp3) is 0.304. The summed E-state index contributed by atoms with van der Waals surface area (Å²) in [4.78, 5) is 16.7. The molecule has 3 aromatic rings. The summed E-state index contributed by atoms with van der Waals surface area (Å²) in [5, 5.41) is 4.64. The number of aromatic nitrogens is 2. The summed E-state index contributed by atoms with van der Waals surface area (Å²) >= 11 is 0. The topological polar surface area (TPSA) is 41.4 Å². The van der Waals surface area contributed by atoms with Gasteiger partial charge in [0.05, 0.1) is 17.8 Å². The van der Waals surface area contributed by atoms with Crippen LogP contribution >= 0.6 is 0 Å². The predicted octanol–water partition coefficient (Wildman–Crippen LogP) is 3.76. The molecule has 0 aliphatic carbocycles. The maximum absolute atomic E-state index is 12.8. The molecule has 0 saturated carbocycles. The van der Waals surface area contributed by atoms with Crippen molar-refractivity contribution in [3.05, 3.63) is 77.1 Å². The quantitative estimate of drug-likeness (QED) is 0.658. The van der Waals surface area contributed by atoms with Gasteiger partial charge in [0.25, 0.3) is 0 Å². The highest BCUT2D eigenvalue weighted by atomic mass is 16.2. The largest absolute Gasteiger partial charge is 0.378 e. The molecule has 0 aliphatic heterocycles. The summed E-state index contributed by atoms with van der Waals surface area (Å²) < 4.78 is 1.91. The minimum absolute atomic E-state index is 0.0931. The molecule has 5 nitrogen and oxygen atoms in total. The number of anilines is 1. The van der Waals surface area contributed by atoms with Crippen molar-refractivity contribution in [3.63, 3.8) is 0 Å². The third-order valence-corrected chi connectivity index (χ3v) is 5.07. The highest BCUT2D eigenvalue weighted by Gasteiger charge is 2.18. The molecule has 0 unspecified atom stereocenters. The Morgan fingerprint density at radius 1 is 0.964 bits per heavy atom. The van der Waals surface area contributed by atoms with E-state index in [2.05, 4.69) is 34.3 Å². The van der Waals surface area contributed by atoms with E-state index in [0.29, 0.717) is 13.0 Å². The molecule has 0 aliphatic rings. The normalized spacial score (nSPS) is 10.8. The molecule has 0 fully saturated rings. The number of carbonyl (C=O) groups is 1. The highest BCUT2D eigenvalue weighted by Crippen LogP contribution is 2.19. The zero-order valence-corrected chi connectivity index (χ0v) is 17.3. The number of carbonyl (C=O) groups excluding carboxylic acids is 1. The van der Waals surface area contributed by atoms with Gasteiger partial charge in [-0.2, -0.15) is 5.10 Å². The predicted molar refractivity (Wildman–Crippen MR) is 114 cm³/mol. The SMILES string of the molecule is Cc1nn(-c2ccccc2)c(C)c1CC(=O)N(C)Cc1ccc(N(C)C)cc1. The highest BCUT2D eigenvalue weighted by molar-refractivity contribution is 5.79. The van der Waals surface area contributed by atoms with Crippen LogP contribution in [0.4, 0.5) is 5.69 Å². The zero-order chi connectivity index (χ0) is 20.3. The molecular weight excluding hydrogens is 348 g/mol. The second-order valence-electron chi connectivity index (χ2n) is 7.38. The summed E-state index contributed by atoms with van der Waals surface area (Å²) in [6.07, 6.45) is 0.358. The third kappa shape index (κ3) is 4.25. The lowest BCUT2D eigenvalue weighted by molar-refractivity contribution is -0.129. The van der Waals surface area contributed by atoms with Crippen molar-refractivity contribution in [3.8, 4) is 5.69 Å². The maximum atomic E-state index is 12.8. The number of likely N-dealkylation sites (N-methyl/N-ethyl adjacent to an activating group) is 1. The molecule has 1 heterocycles. The number of rotatable bonds is 6. The Morgan fingerprint density at radius 3 is 2.21 bits per heavy atom. The first-order valence-electron chi connectivity index (χ1n) is 9.47. The summed E-state index contributed by atoms with van der Waals surface area (Å²) in [5.74, 6) is 0.0931. The molecule has 0 atom stereocenters. The average Bonchev–Trinajstić information content (AvgIpc) is 2.97. The average molecular weight is 377 g/mol. The summed E-state index contributed by atoms with van der Waals surface area (Å²) in [5.41, 5.74) is 6.20. The van der Waals surface area contributed by atoms with Crippen molar-refractivity contribution in [1.29, 1.82) is 0 Å². The first-order chi connectivity index (χ1) is 13.4. The van der Waals surface area contributed by atoms with Crippen LogP contribution in [-0.2, 0) is 17.8 Å². The minimum atomic E-state index is 0.0931. The van der Waals surface area contributed by atoms with Gasteiger partial charge in [0.1, 0.15) is 0 Å². The van der Waals surface area contributed by atoms with E-state index in [1.807, 2.05) is 70.0 Å². The monoisotopic (exact) mass is 376 g/mol. The Kier molecular flexibility index (Phi) is 5.83. The number of amides is 1. The van der Waals surface area contributed by atoms with Gasteiger partial charge >= 0.3 is 0 Å². The van der Waals surface area contributed by atoms with Gasteiger partial charge in [0.15, 0.2) is 0 Å². The third-order valence-electron chi connectivity index (χ3n) is 5.07. The maximum Gasteiger partial charge on any atom is 0.227 e. The Labute approximate surface area is 167 Å². The van der Waals surface area contributed by atoms with Crippen LogP contribution < -0.4 is 4.90 Å². The fourth-order valence-corrected chi connectivity index (χ4v) is 3.30. The molecule has 3 rings (SSSR count). The molecular formula is C23H28N4O. The van der Waals surface area contributed by atoms with E-state index >= 15 is 0 Å². The zero-order valence-electron chi connectivity index (χ0n) is 17.3. The van der Waals surface area contributed by atoms with Crippen molar-refractivity contribution >= 4 is 11.6 Å². The van der Waals surface area contributed by atoms with Crippen molar-refractivity contribution in [1.82, 2.24) is 14.7 Å². The van der Waals surface area contributed by atoms with Crippen LogP contribution in [0.5, 0.6) is 0 Å². The Hall–Kier alpha value is -3.08. The lowest BCUT2D eigenvalue weighted by Crippen LogP contribution is -2.28. The lowest BCUT2D eigenvalue weighted by Gasteiger charge is -2.18. The van der Waals surface area contributed by atoms with Gasteiger partial charge in [0, 0.05) is 44.6 Å². The number of benzene rings is 2. The van der Waals surface area contributed by atoms with Crippen LogP contribution in [0.2, 0.25) is 0 Å². The first kappa shape index (κ1) is 19.7. The first-order valence-corrected chi connectivity index (χ1v) is 9.47. The Balaban J connectivity index is 1.71. The second-order valence-corrected chi connectivity index (χ2v) is 7.38. The number of aryl methyl sites for hydroxylation is 1. The van der Waals surface area contributed by atoms with Crippen molar-refractivity contribution in [2.24, 2.45) is 0 Å². The van der Waals surface area contributed by atoms with Gasteiger partial charge in [0.2, 0.25) is 5.91 Å². The molecule has 0 bridgehead atoms. The second kappa shape index (κ2) is 8.30. The number of para-hydroxylation sites is 1. The van der Waals surface area contributed by atoms with E-state index in [9.17, 15) is 4.79 Å². The van der Waals surface area contributed by atoms with Crippen LogP contribution in [0, 0.1) is 13.8 Å². The number of hydrogen-bond donors (Lipinski definition) is 0. The van der Waals surface area contributed by atoms with Gasteiger partial charge < -0.3 is 9.80 Å². The summed E-state index contributed by atoms with van der Waals surface area (Å²) in [6, 6.07) is 18.3. The Bertz CT molecular complexity index is 943. The Morgan fingerprint density at radius 2 is 1.61 bits per heavy atom. The lowest BCUT2D eigenvalue weighted by atomic mass is 10.1. The van der Waals surface area contributed by atoms with Crippen LogP contribution in [0.15, 0.2) is 54.6 Å². The van der Waals surface area contributed by atoms with Gasteiger partial charge in [-0.3, -0.25) is 4.79 Å². The molecule has 5 heteroatoms. The molecule has 28 heavy (non-hydrogen) atoms. The van der Waals surface area contributed by atoms with Crippen molar-refractivity contribution in [2.45, 2.75) is 26.8 Å². The molecule has 146 valence electrons. The minimum Gasteiger partial charge on any atom is -0.378 e. The molecule has 0 radical (unpaired) electrons. The van der Waals surface area contributed by atoms with Crippen LogP contribution in [-0.4, -0.2) is 41.7 Å². The molecule has 0 spiro atoms. The molecule has 1 amide bonds. The van der Waals surface area contributed by atoms with Gasteiger partial charge in [-0.05, 0) is 43.7 Å². The van der Waals surface area contributed by atoms with Gasteiger partial charge in [-0.15, -0.1) is 0 Å². The van der Waals surface area contributed by atoms with E-state index in [-0.39, 0.29) is 5.91 Å². The van der Waals surface area contributed by atoms with Crippen molar-refractivity contribution in [2.75, 3.05) is 26.0 Å². The smallest absolute Gasteiger partial charge is 0.227 e. The standard InChI is InChI=1S/C23H28N4O/c1-17-22(18(2)27(24-17)21-9-7-6-8-10-21)15-23(28)26(5)16-19-11-13-20(14-12-19)25(3)4/h6-14H,15-16H2,1-5H3. The summed E-state index contributed by atoms with van der Waals surface area (Å²) in [7, 11) is 5.89. The number of nitrogens with zero attached hydrogens (tertiary/aromatic N) is 4. The molecule has 1 aromatic heterocycles. The van der Waals surface area contributed by atoms with E-state index < -0.39 is 0 Å². The van der Waals surface area contributed by atoms with E-state index in [1.54, 1.807) is 4.90 Å². The molecule has 0 N–H and O–H groups in total.